The monoisotopic (exact) mass is 430 g/mol. The molecule has 0 radical (unpaired) electrons. The van der Waals surface area contributed by atoms with E-state index in [-0.39, 0.29) is 17.4 Å². The average Bonchev–Trinajstić information content (AvgIpc) is 3.07. The van der Waals surface area contributed by atoms with Gasteiger partial charge in [-0.15, -0.1) is 0 Å². The van der Waals surface area contributed by atoms with Crippen molar-refractivity contribution in [3.63, 3.8) is 0 Å². The lowest BCUT2D eigenvalue weighted by Crippen LogP contribution is -2.57. The third kappa shape index (κ3) is 3.95. The van der Waals surface area contributed by atoms with Crippen LogP contribution in [0.2, 0.25) is 0 Å². The molecule has 1 N–H and O–H groups in total. The number of carbonyl (C=O) groups excluding carboxylic acids is 1. The molecule has 0 heterocycles. The number of fused-ring (bicyclic) bond motifs is 5. The van der Waals surface area contributed by atoms with Crippen molar-refractivity contribution >= 4 is 5.78 Å². The molecule has 2 nitrogen and oxygen atoms in total. The summed E-state index contributed by atoms with van der Waals surface area (Å²) < 4.78 is 0. The van der Waals surface area contributed by atoms with E-state index in [0.717, 1.165) is 55.3 Å². The van der Waals surface area contributed by atoms with E-state index in [1.165, 1.54) is 44.9 Å². The maximum absolute atomic E-state index is 13.3. The van der Waals surface area contributed by atoms with Gasteiger partial charge in [0.25, 0.3) is 0 Å². The van der Waals surface area contributed by atoms with Gasteiger partial charge in [-0.05, 0) is 104 Å². The molecular weight excluding hydrogens is 380 g/mol. The van der Waals surface area contributed by atoms with Crippen LogP contribution in [0.25, 0.3) is 0 Å². The van der Waals surface area contributed by atoms with Crippen LogP contribution in [0.15, 0.2) is 0 Å². The Labute approximate surface area is 192 Å². The highest BCUT2D eigenvalue weighted by atomic mass is 16.3. The topological polar surface area (TPSA) is 37.3 Å². The first-order valence-electron chi connectivity index (χ1n) is 13.8. The molecule has 10 atom stereocenters. The van der Waals surface area contributed by atoms with Crippen molar-refractivity contribution in [2.45, 2.75) is 118 Å². The average molecular weight is 431 g/mol. The highest BCUT2D eigenvalue weighted by Crippen LogP contribution is 2.67. The van der Waals surface area contributed by atoms with Gasteiger partial charge in [-0.2, -0.15) is 0 Å². The van der Waals surface area contributed by atoms with Crippen molar-refractivity contribution in [3.8, 4) is 0 Å². The summed E-state index contributed by atoms with van der Waals surface area (Å²) in [5.74, 6) is 6.02. The number of aliphatic hydroxyl groups excluding tert-OH is 1. The van der Waals surface area contributed by atoms with Crippen LogP contribution in [-0.4, -0.2) is 17.0 Å². The summed E-state index contributed by atoms with van der Waals surface area (Å²) in [7, 11) is 0. The first-order valence-corrected chi connectivity index (χ1v) is 13.8. The van der Waals surface area contributed by atoms with Crippen molar-refractivity contribution < 1.29 is 9.90 Å². The summed E-state index contributed by atoms with van der Waals surface area (Å²) in [6.45, 7) is 14.7. The Balaban J connectivity index is 1.49. The van der Waals surface area contributed by atoms with E-state index in [0.29, 0.717) is 23.0 Å². The lowest BCUT2D eigenvalue weighted by atomic mass is 9.44. The molecule has 0 aromatic carbocycles. The van der Waals surface area contributed by atoms with Gasteiger partial charge in [0.05, 0.1) is 6.10 Å². The number of rotatable bonds is 6. The molecule has 4 saturated carbocycles. The molecule has 31 heavy (non-hydrogen) atoms. The van der Waals surface area contributed by atoms with Crippen molar-refractivity contribution in [3.05, 3.63) is 0 Å². The maximum atomic E-state index is 13.3. The fraction of sp³-hybridized carbons (Fsp3) is 0.966. The van der Waals surface area contributed by atoms with Gasteiger partial charge >= 0.3 is 0 Å². The van der Waals surface area contributed by atoms with E-state index < -0.39 is 0 Å². The predicted molar refractivity (Wildman–Crippen MR) is 129 cm³/mol. The predicted octanol–water partition coefficient (Wildman–Crippen LogP) is 7.28. The minimum atomic E-state index is -0.248. The number of hydrogen-bond acceptors (Lipinski definition) is 2. The summed E-state index contributed by atoms with van der Waals surface area (Å²) in [5.41, 5.74) is 0.591. The maximum Gasteiger partial charge on any atom is 0.136 e. The fourth-order valence-corrected chi connectivity index (χ4v) is 9.68. The van der Waals surface area contributed by atoms with E-state index in [1.807, 2.05) is 0 Å². The van der Waals surface area contributed by atoms with E-state index in [2.05, 4.69) is 41.5 Å². The van der Waals surface area contributed by atoms with Crippen molar-refractivity contribution in [1.82, 2.24) is 0 Å². The van der Waals surface area contributed by atoms with Crippen LogP contribution in [0.5, 0.6) is 0 Å². The van der Waals surface area contributed by atoms with E-state index >= 15 is 0 Å². The summed E-state index contributed by atoms with van der Waals surface area (Å²) in [5, 5.41) is 10.3. The quantitative estimate of drug-likeness (QED) is 0.480. The van der Waals surface area contributed by atoms with Gasteiger partial charge in [0.2, 0.25) is 0 Å². The van der Waals surface area contributed by atoms with E-state index in [9.17, 15) is 9.90 Å². The molecule has 4 aliphatic carbocycles. The summed E-state index contributed by atoms with van der Waals surface area (Å²) in [6, 6.07) is 0. The molecule has 0 unspecified atom stereocenters. The minimum absolute atomic E-state index is 0.125. The Morgan fingerprint density at radius 3 is 2.32 bits per heavy atom. The molecule has 178 valence electrons. The molecule has 0 aliphatic heterocycles. The van der Waals surface area contributed by atoms with Gasteiger partial charge in [0.1, 0.15) is 5.78 Å². The molecular formula is C29H50O2. The second-order valence-electron chi connectivity index (χ2n) is 13.2. The zero-order valence-corrected chi connectivity index (χ0v) is 21.3. The molecule has 4 rings (SSSR count). The number of aliphatic hydroxyl groups is 1. The molecule has 0 aromatic heterocycles. The largest absolute Gasteiger partial charge is 0.393 e. The second kappa shape index (κ2) is 8.77. The lowest BCUT2D eigenvalue weighted by Gasteiger charge is -2.60. The smallest absolute Gasteiger partial charge is 0.136 e. The van der Waals surface area contributed by atoms with Gasteiger partial charge < -0.3 is 5.11 Å². The Bertz CT molecular complexity index is 655. The molecule has 0 amide bonds. The highest BCUT2D eigenvalue weighted by molar-refractivity contribution is 5.83. The summed E-state index contributed by atoms with van der Waals surface area (Å²) in [6.07, 6.45) is 12.8. The van der Waals surface area contributed by atoms with Crippen LogP contribution >= 0.6 is 0 Å². The van der Waals surface area contributed by atoms with Crippen LogP contribution in [0.1, 0.15) is 112 Å². The van der Waals surface area contributed by atoms with Crippen LogP contribution < -0.4 is 0 Å². The molecule has 0 bridgehead atoms. The first kappa shape index (κ1) is 23.8. The number of ketones is 1. The third-order valence-electron chi connectivity index (χ3n) is 11.6. The third-order valence-corrected chi connectivity index (χ3v) is 11.6. The Hall–Kier alpha value is -0.370. The van der Waals surface area contributed by atoms with Gasteiger partial charge in [-0.25, -0.2) is 0 Å². The normalized spacial score (nSPS) is 46.9. The van der Waals surface area contributed by atoms with Gasteiger partial charge in [-0.3, -0.25) is 4.79 Å². The molecule has 0 spiro atoms. The van der Waals surface area contributed by atoms with Gasteiger partial charge in [-0.1, -0.05) is 54.4 Å². The van der Waals surface area contributed by atoms with Crippen LogP contribution in [0.4, 0.5) is 0 Å². The van der Waals surface area contributed by atoms with Crippen LogP contribution in [0.3, 0.4) is 0 Å². The standard InChI is InChI=1S/C29H50O2/c1-7-20(18(2)3)9-8-19(4)23-10-11-24-22-17-27(31)26-16-21(30)12-14-29(26,6)25(22)13-15-28(23,24)5/h18-26,30H,7-17H2,1-6H3/t19-,20-,21-,22+,23-,24+,25-,26-,28-,29-/m1/s1. The number of carbonyl (C=O) groups is 1. The Kier molecular flexibility index (Phi) is 6.73. The van der Waals surface area contributed by atoms with E-state index in [1.54, 1.807) is 0 Å². The molecule has 4 aliphatic rings. The molecule has 2 heteroatoms. The highest BCUT2D eigenvalue weighted by Gasteiger charge is 2.62. The summed E-state index contributed by atoms with van der Waals surface area (Å²) >= 11 is 0. The first-order chi connectivity index (χ1) is 14.6. The van der Waals surface area contributed by atoms with E-state index in [4.69, 9.17) is 0 Å². The minimum Gasteiger partial charge on any atom is -0.393 e. The summed E-state index contributed by atoms with van der Waals surface area (Å²) in [4.78, 5) is 13.3. The second-order valence-corrected chi connectivity index (χ2v) is 13.2. The zero-order chi connectivity index (χ0) is 22.6. The lowest BCUT2D eigenvalue weighted by molar-refractivity contribution is -0.160. The van der Waals surface area contributed by atoms with Gasteiger partial charge in [0, 0.05) is 12.3 Å². The molecule has 0 saturated heterocycles. The Morgan fingerprint density at radius 1 is 0.968 bits per heavy atom. The van der Waals surface area contributed by atoms with Crippen LogP contribution in [-0.2, 0) is 4.79 Å². The fourth-order valence-electron chi connectivity index (χ4n) is 9.68. The van der Waals surface area contributed by atoms with Crippen LogP contribution in [0, 0.1) is 58.2 Å². The zero-order valence-electron chi connectivity index (χ0n) is 21.3. The number of hydrogen-bond donors (Lipinski definition) is 1. The SMILES string of the molecule is CC[C@H](CC[C@@H](C)[C@H]1CC[C@H]2[C@@H]3CC(=O)[C@H]4C[C@H](O)CC[C@]4(C)[C@@H]3CC[C@]12C)C(C)C. The molecule has 0 aromatic rings. The number of Topliss-reactive ketones (excluding diaryl/α,β-unsaturated/α-hetero) is 1. The Morgan fingerprint density at radius 2 is 1.65 bits per heavy atom. The van der Waals surface area contributed by atoms with Crippen molar-refractivity contribution in [2.75, 3.05) is 0 Å². The molecule has 4 fully saturated rings. The van der Waals surface area contributed by atoms with Gasteiger partial charge in [0.15, 0.2) is 0 Å². The van der Waals surface area contributed by atoms with Crippen molar-refractivity contribution in [1.29, 1.82) is 0 Å². The van der Waals surface area contributed by atoms with Crippen molar-refractivity contribution in [2.24, 2.45) is 58.2 Å².